The molecule has 0 aliphatic rings. The first kappa shape index (κ1) is 12.1. The fourth-order valence-corrected chi connectivity index (χ4v) is 2.18. The van der Waals surface area contributed by atoms with E-state index in [-0.39, 0.29) is 11.9 Å². The summed E-state index contributed by atoms with van der Waals surface area (Å²) < 4.78 is 18.9. The molecule has 0 saturated carbocycles. The summed E-state index contributed by atoms with van der Waals surface area (Å²) in [5.41, 5.74) is 7.77. The van der Waals surface area contributed by atoms with Crippen LogP contribution in [-0.4, -0.2) is 0 Å². The van der Waals surface area contributed by atoms with Gasteiger partial charge in [-0.3, -0.25) is 0 Å². The van der Waals surface area contributed by atoms with Gasteiger partial charge in [0.15, 0.2) is 0 Å². The molecular formula is C14H18FNO. The summed E-state index contributed by atoms with van der Waals surface area (Å²) in [6, 6.07) is 4.44. The van der Waals surface area contributed by atoms with E-state index in [1.54, 1.807) is 6.07 Å². The molecule has 2 rings (SSSR count). The van der Waals surface area contributed by atoms with Crippen LogP contribution in [-0.2, 0) is 0 Å². The number of furan rings is 1. The van der Waals surface area contributed by atoms with Gasteiger partial charge in [0.25, 0.3) is 0 Å². The molecule has 1 heterocycles. The average molecular weight is 235 g/mol. The second-order valence-electron chi connectivity index (χ2n) is 4.97. The minimum atomic E-state index is -0.245. The Hall–Kier alpha value is -1.35. The van der Waals surface area contributed by atoms with E-state index in [9.17, 15) is 4.39 Å². The molecular weight excluding hydrogens is 217 g/mol. The van der Waals surface area contributed by atoms with E-state index in [0.29, 0.717) is 11.5 Å². The first-order valence-electron chi connectivity index (χ1n) is 5.93. The van der Waals surface area contributed by atoms with Crippen LogP contribution < -0.4 is 5.73 Å². The summed E-state index contributed by atoms with van der Waals surface area (Å²) in [4.78, 5) is 0. The van der Waals surface area contributed by atoms with Gasteiger partial charge < -0.3 is 10.2 Å². The number of hydrogen-bond acceptors (Lipinski definition) is 2. The Morgan fingerprint density at radius 3 is 2.71 bits per heavy atom. The SMILES string of the molecule is Cc1c(C(N)CC(C)C)oc2ccc(F)cc12. The smallest absolute Gasteiger partial charge is 0.134 e. The van der Waals surface area contributed by atoms with Crippen molar-refractivity contribution in [3.8, 4) is 0 Å². The monoisotopic (exact) mass is 235 g/mol. The Morgan fingerprint density at radius 1 is 1.35 bits per heavy atom. The van der Waals surface area contributed by atoms with E-state index in [1.807, 2.05) is 6.92 Å². The van der Waals surface area contributed by atoms with Crippen LogP contribution in [0.2, 0.25) is 0 Å². The highest BCUT2D eigenvalue weighted by Gasteiger charge is 2.18. The van der Waals surface area contributed by atoms with Crippen LogP contribution in [0.5, 0.6) is 0 Å². The van der Waals surface area contributed by atoms with Gasteiger partial charge in [-0.15, -0.1) is 0 Å². The van der Waals surface area contributed by atoms with Crippen LogP contribution in [0.15, 0.2) is 22.6 Å². The van der Waals surface area contributed by atoms with E-state index >= 15 is 0 Å². The minimum Gasteiger partial charge on any atom is -0.459 e. The Bertz CT molecular complexity index is 530. The summed E-state index contributed by atoms with van der Waals surface area (Å²) in [6.45, 7) is 6.18. The molecule has 0 fully saturated rings. The molecule has 0 bridgehead atoms. The van der Waals surface area contributed by atoms with Crippen molar-refractivity contribution in [2.75, 3.05) is 0 Å². The molecule has 0 aliphatic carbocycles. The number of rotatable bonds is 3. The van der Waals surface area contributed by atoms with Gasteiger partial charge in [0.1, 0.15) is 17.2 Å². The van der Waals surface area contributed by atoms with Gasteiger partial charge in [-0.05, 0) is 37.5 Å². The summed E-state index contributed by atoms with van der Waals surface area (Å²) in [5, 5.41) is 0.819. The average Bonchev–Trinajstić information content (AvgIpc) is 2.55. The van der Waals surface area contributed by atoms with Crippen molar-refractivity contribution in [3.63, 3.8) is 0 Å². The van der Waals surface area contributed by atoms with Crippen LogP contribution >= 0.6 is 0 Å². The summed E-state index contributed by atoms with van der Waals surface area (Å²) in [6.07, 6.45) is 0.864. The first-order valence-corrected chi connectivity index (χ1v) is 5.93. The third-order valence-electron chi connectivity index (χ3n) is 3.00. The summed E-state index contributed by atoms with van der Waals surface area (Å²) >= 11 is 0. The number of aryl methyl sites for hydroxylation is 1. The fourth-order valence-electron chi connectivity index (χ4n) is 2.18. The normalized spacial score (nSPS) is 13.5. The van der Waals surface area contributed by atoms with Gasteiger partial charge in [0.2, 0.25) is 0 Å². The number of fused-ring (bicyclic) bond motifs is 1. The fraction of sp³-hybridized carbons (Fsp3) is 0.429. The van der Waals surface area contributed by atoms with Crippen molar-refractivity contribution in [2.24, 2.45) is 11.7 Å². The lowest BCUT2D eigenvalue weighted by molar-refractivity contribution is 0.429. The van der Waals surface area contributed by atoms with Crippen molar-refractivity contribution in [2.45, 2.75) is 33.2 Å². The number of nitrogens with two attached hydrogens (primary N) is 1. The maximum Gasteiger partial charge on any atom is 0.134 e. The Kier molecular flexibility index (Phi) is 3.20. The topological polar surface area (TPSA) is 39.2 Å². The molecule has 0 spiro atoms. The van der Waals surface area contributed by atoms with E-state index in [1.165, 1.54) is 12.1 Å². The Balaban J connectivity index is 2.45. The molecule has 1 atom stereocenters. The second kappa shape index (κ2) is 4.49. The zero-order valence-corrected chi connectivity index (χ0v) is 10.5. The Morgan fingerprint density at radius 2 is 2.06 bits per heavy atom. The molecule has 2 nitrogen and oxygen atoms in total. The predicted octanol–water partition coefficient (Wildman–Crippen LogP) is 3.93. The molecule has 92 valence electrons. The number of hydrogen-bond donors (Lipinski definition) is 1. The van der Waals surface area contributed by atoms with Crippen LogP contribution in [0.1, 0.15) is 37.6 Å². The first-order chi connectivity index (χ1) is 7.99. The molecule has 2 aromatic rings. The summed E-state index contributed by atoms with van der Waals surface area (Å²) in [7, 11) is 0. The van der Waals surface area contributed by atoms with E-state index in [4.69, 9.17) is 10.2 Å². The van der Waals surface area contributed by atoms with Gasteiger partial charge in [0.05, 0.1) is 6.04 Å². The molecule has 1 aromatic heterocycles. The predicted molar refractivity (Wildman–Crippen MR) is 67.3 cm³/mol. The molecule has 0 aliphatic heterocycles. The standard InChI is InChI=1S/C14H18FNO/c1-8(2)6-12(16)14-9(3)11-7-10(15)4-5-13(11)17-14/h4-5,7-8,12H,6,16H2,1-3H3. The zero-order chi connectivity index (χ0) is 12.6. The molecule has 0 radical (unpaired) electrons. The van der Waals surface area contributed by atoms with E-state index in [0.717, 1.165) is 23.1 Å². The largest absolute Gasteiger partial charge is 0.459 e. The highest BCUT2D eigenvalue weighted by Crippen LogP contribution is 2.31. The van der Waals surface area contributed by atoms with Gasteiger partial charge >= 0.3 is 0 Å². The second-order valence-corrected chi connectivity index (χ2v) is 4.97. The highest BCUT2D eigenvalue weighted by atomic mass is 19.1. The van der Waals surface area contributed by atoms with Gasteiger partial charge in [-0.25, -0.2) is 4.39 Å². The van der Waals surface area contributed by atoms with Crippen LogP contribution in [0.4, 0.5) is 4.39 Å². The number of benzene rings is 1. The van der Waals surface area contributed by atoms with Crippen molar-refractivity contribution in [1.29, 1.82) is 0 Å². The number of halogens is 1. The van der Waals surface area contributed by atoms with Crippen LogP contribution in [0.25, 0.3) is 11.0 Å². The van der Waals surface area contributed by atoms with E-state index in [2.05, 4.69) is 13.8 Å². The molecule has 0 amide bonds. The molecule has 3 heteroatoms. The third kappa shape index (κ3) is 2.34. The zero-order valence-electron chi connectivity index (χ0n) is 10.5. The maximum atomic E-state index is 13.2. The van der Waals surface area contributed by atoms with Crippen LogP contribution in [0, 0.1) is 18.7 Å². The van der Waals surface area contributed by atoms with Crippen molar-refractivity contribution in [3.05, 3.63) is 35.3 Å². The molecule has 1 aromatic carbocycles. The molecule has 0 saturated heterocycles. The lowest BCUT2D eigenvalue weighted by atomic mass is 10.00. The van der Waals surface area contributed by atoms with Crippen molar-refractivity contribution >= 4 is 11.0 Å². The molecule has 1 unspecified atom stereocenters. The quantitative estimate of drug-likeness (QED) is 0.875. The van der Waals surface area contributed by atoms with Crippen molar-refractivity contribution in [1.82, 2.24) is 0 Å². The van der Waals surface area contributed by atoms with Gasteiger partial charge in [-0.2, -0.15) is 0 Å². The van der Waals surface area contributed by atoms with Crippen molar-refractivity contribution < 1.29 is 8.81 Å². The third-order valence-corrected chi connectivity index (χ3v) is 3.00. The van der Waals surface area contributed by atoms with E-state index < -0.39 is 0 Å². The highest BCUT2D eigenvalue weighted by molar-refractivity contribution is 5.82. The van der Waals surface area contributed by atoms with Crippen LogP contribution in [0.3, 0.4) is 0 Å². The Labute approximate surface area is 101 Å². The van der Waals surface area contributed by atoms with Gasteiger partial charge in [0, 0.05) is 10.9 Å². The summed E-state index contributed by atoms with van der Waals surface area (Å²) in [5.74, 6) is 1.04. The molecule has 2 N–H and O–H groups in total. The maximum absolute atomic E-state index is 13.2. The molecule has 17 heavy (non-hydrogen) atoms. The lowest BCUT2D eigenvalue weighted by Crippen LogP contribution is -2.13. The van der Waals surface area contributed by atoms with Gasteiger partial charge in [-0.1, -0.05) is 13.8 Å². The lowest BCUT2D eigenvalue weighted by Gasteiger charge is -2.12. The minimum absolute atomic E-state index is 0.120.